The van der Waals surface area contributed by atoms with E-state index in [0.717, 1.165) is 5.56 Å². The van der Waals surface area contributed by atoms with Crippen molar-refractivity contribution in [2.75, 3.05) is 13.6 Å². The second-order valence-corrected chi connectivity index (χ2v) is 6.22. The van der Waals surface area contributed by atoms with E-state index in [-0.39, 0.29) is 11.3 Å². The lowest BCUT2D eigenvalue weighted by Crippen LogP contribution is -2.26. The van der Waals surface area contributed by atoms with Crippen LogP contribution in [-0.2, 0) is 5.41 Å². The van der Waals surface area contributed by atoms with Gasteiger partial charge in [0.15, 0.2) is 11.5 Å². The molecule has 0 radical (unpaired) electrons. The molecule has 2 aromatic rings. The van der Waals surface area contributed by atoms with E-state index >= 15 is 0 Å². The average molecular weight is 286 g/mol. The van der Waals surface area contributed by atoms with Crippen LogP contribution < -0.4 is 0 Å². The summed E-state index contributed by atoms with van der Waals surface area (Å²) in [6, 6.07) is 9.85. The van der Waals surface area contributed by atoms with Crippen molar-refractivity contribution in [3.63, 3.8) is 0 Å². The lowest BCUT2D eigenvalue weighted by Gasteiger charge is -2.18. The Labute approximate surface area is 125 Å². The molecule has 0 aliphatic rings. The largest absolute Gasteiger partial charge is 0.355 e. The summed E-state index contributed by atoms with van der Waals surface area (Å²) < 4.78 is 5.29. The summed E-state index contributed by atoms with van der Waals surface area (Å²) >= 11 is 0. The van der Waals surface area contributed by atoms with Crippen LogP contribution in [0, 0.1) is 0 Å². The van der Waals surface area contributed by atoms with Crippen LogP contribution in [0.25, 0.3) is 11.3 Å². The fourth-order valence-corrected chi connectivity index (χ4v) is 1.99. The number of amides is 1. The molecule has 0 aliphatic heterocycles. The summed E-state index contributed by atoms with van der Waals surface area (Å²) in [4.78, 5) is 13.6. The maximum atomic E-state index is 12.0. The van der Waals surface area contributed by atoms with Gasteiger partial charge in [0.25, 0.3) is 5.91 Å². The Kier molecular flexibility index (Phi) is 4.16. The molecule has 0 unspecified atom stereocenters. The third-order valence-corrected chi connectivity index (χ3v) is 3.59. The lowest BCUT2D eigenvalue weighted by atomic mass is 9.86. The van der Waals surface area contributed by atoms with E-state index in [9.17, 15) is 4.79 Å². The summed E-state index contributed by atoms with van der Waals surface area (Å²) in [6.07, 6.45) is 0. The smallest absolute Gasteiger partial charge is 0.275 e. The molecule has 21 heavy (non-hydrogen) atoms. The number of carbonyl (C=O) groups excluding carboxylic acids is 1. The van der Waals surface area contributed by atoms with Crippen molar-refractivity contribution in [1.82, 2.24) is 10.1 Å². The minimum atomic E-state index is -0.126. The van der Waals surface area contributed by atoms with Crippen molar-refractivity contribution < 1.29 is 9.32 Å². The maximum absolute atomic E-state index is 12.0. The normalized spacial score (nSPS) is 11.5. The van der Waals surface area contributed by atoms with Gasteiger partial charge in [-0.3, -0.25) is 4.79 Å². The molecule has 0 atom stereocenters. The number of benzene rings is 1. The van der Waals surface area contributed by atoms with Crippen molar-refractivity contribution in [3.8, 4) is 11.3 Å². The highest BCUT2D eigenvalue weighted by Crippen LogP contribution is 2.26. The highest BCUT2D eigenvalue weighted by Gasteiger charge is 2.17. The summed E-state index contributed by atoms with van der Waals surface area (Å²) in [7, 11) is 1.74. The van der Waals surface area contributed by atoms with Crippen LogP contribution in [-0.4, -0.2) is 29.6 Å². The Balaban J connectivity index is 2.24. The van der Waals surface area contributed by atoms with Gasteiger partial charge in [-0.05, 0) is 17.9 Å². The van der Waals surface area contributed by atoms with Crippen LogP contribution in [0.1, 0.15) is 43.7 Å². The van der Waals surface area contributed by atoms with Crippen LogP contribution >= 0.6 is 0 Å². The third-order valence-electron chi connectivity index (χ3n) is 3.59. The molecule has 1 heterocycles. The van der Waals surface area contributed by atoms with E-state index in [1.165, 1.54) is 5.56 Å². The number of nitrogens with zero attached hydrogens (tertiary/aromatic N) is 2. The minimum absolute atomic E-state index is 0.116. The average Bonchev–Trinajstić information content (AvgIpc) is 2.94. The van der Waals surface area contributed by atoms with Crippen molar-refractivity contribution >= 4 is 5.91 Å². The van der Waals surface area contributed by atoms with Gasteiger partial charge in [0.1, 0.15) is 0 Å². The predicted molar refractivity (Wildman–Crippen MR) is 83.3 cm³/mol. The van der Waals surface area contributed by atoms with Gasteiger partial charge in [-0.15, -0.1) is 0 Å². The summed E-state index contributed by atoms with van der Waals surface area (Å²) in [6.45, 7) is 9.08. The number of hydrogen-bond acceptors (Lipinski definition) is 3. The molecule has 0 saturated heterocycles. The van der Waals surface area contributed by atoms with Crippen LogP contribution in [0.2, 0.25) is 0 Å². The highest BCUT2D eigenvalue weighted by atomic mass is 16.5. The second kappa shape index (κ2) is 5.72. The number of aromatic nitrogens is 1. The van der Waals surface area contributed by atoms with E-state index in [1.807, 2.05) is 19.1 Å². The third kappa shape index (κ3) is 3.32. The van der Waals surface area contributed by atoms with Gasteiger partial charge in [-0.25, -0.2) is 0 Å². The van der Waals surface area contributed by atoms with E-state index < -0.39 is 0 Å². The van der Waals surface area contributed by atoms with Crippen LogP contribution in [0.3, 0.4) is 0 Å². The zero-order valence-electron chi connectivity index (χ0n) is 13.3. The molecule has 1 aromatic carbocycles. The monoisotopic (exact) mass is 286 g/mol. The quantitative estimate of drug-likeness (QED) is 0.863. The fourth-order valence-electron chi connectivity index (χ4n) is 1.99. The van der Waals surface area contributed by atoms with Crippen LogP contribution in [0.4, 0.5) is 0 Å². The Morgan fingerprint density at radius 3 is 2.38 bits per heavy atom. The van der Waals surface area contributed by atoms with Crippen molar-refractivity contribution in [3.05, 3.63) is 41.6 Å². The molecule has 0 saturated carbocycles. The number of carbonyl (C=O) groups is 1. The zero-order valence-corrected chi connectivity index (χ0v) is 13.3. The molecule has 0 fully saturated rings. The lowest BCUT2D eigenvalue weighted by molar-refractivity contribution is 0.0792. The second-order valence-electron chi connectivity index (χ2n) is 6.22. The van der Waals surface area contributed by atoms with Gasteiger partial charge in [-0.1, -0.05) is 50.2 Å². The van der Waals surface area contributed by atoms with Gasteiger partial charge < -0.3 is 9.42 Å². The Bertz CT molecular complexity index is 621. The number of hydrogen-bond donors (Lipinski definition) is 0. The van der Waals surface area contributed by atoms with E-state index in [2.05, 4.69) is 38.1 Å². The maximum Gasteiger partial charge on any atom is 0.275 e. The first kappa shape index (κ1) is 15.3. The Hall–Kier alpha value is -2.10. The first-order valence-electron chi connectivity index (χ1n) is 7.16. The van der Waals surface area contributed by atoms with Crippen molar-refractivity contribution in [1.29, 1.82) is 0 Å². The Morgan fingerprint density at radius 2 is 1.86 bits per heavy atom. The molecule has 112 valence electrons. The topological polar surface area (TPSA) is 46.3 Å². The molecule has 0 bridgehead atoms. The van der Waals surface area contributed by atoms with E-state index in [4.69, 9.17) is 4.52 Å². The van der Waals surface area contributed by atoms with Crippen LogP contribution in [0.15, 0.2) is 34.9 Å². The molecular formula is C17H22N2O2. The minimum Gasteiger partial charge on any atom is -0.355 e. The molecule has 4 heteroatoms. The molecule has 0 spiro atoms. The molecule has 0 N–H and O–H groups in total. The van der Waals surface area contributed by atoms with E-state index in [0.29, 0.717) is 18.0 Å². The van der Waals surface area contributed by atoms with Crippen molar-refractivity contribution in [2.24, 2.45) is 0 Å². The highest BCUT2D eigenvalue weighted by molar-refractivity contribution is 5.92. The fraction of sp³-hybridized carbons (Fsp3) is 0.412. The van der Waals surface area contributed by atoms with Crippen LogP contribution in [0.5, 0.6) is 0 Å². The summed E-state index contributed by atoms with van der Waals surface area (Å²) in [5.74, 6) is 0.488. The number of rotatable bonds is 3. The first-order valence-corrected chi connectivity index (χ1v) is 7.16. The first-order chi connectivity index (χ1) is 9.82. The predicted octanol–water partition coefficient (Wildman–Crippen LogP) is 3.73. The summed E-state index contributed by atoms with van der Waals surface area (Å²) in [5, 5.41) is 3.87. The molecule has 2 rings (SSSR count). The molecule has 4 nitrogen and oxygen atoms in total. The molecule has 0 aliphatic carbocycles. The molecular weight excluding hydrogens is 264 g/mol. The van der Waals surface area contributed by atoms with Gasteiger partial charge in [0, 0.05) is 25.2 Å². The van der Waals surface area contributed by atoms with Crippen molar-refractivity contribution in [2.45, 2.75) is 33.1 Å². The SMILES string of the molecule is CCN(C)C(=O)c1cc(-c2ccc(C(C)(C)C)cc2)on1. The standard InChI is InChI=1S/C17H22N2O2/c1-6-19(5)16(20)14-11-15(21-18-14)12-7-9-13(10-8-12)17(2,3)4/h7-11H,6H2,1-5H3. The molecule has 1 aromatic heterocycles. The zero-order chi connectivity index (χ0) is 15.6. The van der Waals surface area contributed by atoms with Gasteiger partial charge in [-0.2, -0.15) is 0 Å². The van der Waals surface area contributed by atoms with Gasteiger partial charge in [0.05, 0.1) is 0 Å². The summed E-state index contributed by atoms with van der Waals surface area (Å²) in [5.41, 5.74) is 2.64. The van der Waals surface area contributed by atoms with Gasteiger partial charge >= 0.3 is 0 Å². The molecule has 1 amide bonds. The van der Waals surface area contributed by atoms with Gasteiger partial charge in [0.2, 0.25) is 0 Å². The Morgan fingerprint density at radius 1 is 1.24 bits per heavy atom. The van der Waals surface area contributed by atoms with E-state index in [1.54, 1.807) is 18.0 Å².